The third kappa shape index (κ3) is 2.98. The Bertz CT molecular complexity index is 691. The number of aryl methyl sites for hydroxylation is 3. The van der Waals surface area contributed by atoms with Crippen LogP contribution in [0.1, 0.15) is 37.3 Å². The summed E-state index contributed by atoms with van der Waals surface area (Å²) in [5.41, 5.74) is 9.71. The fraction of sp³-hybridized carbons (Fsp3) is 0.412. The third-order valence-corrected chi connectivity index (χ3v) is 4.04. The van der Waals surface area contributed by atoms with Crippen molar-refractivity contribution >= 4 is 6.09 Å². The van der Waals surface area contributed by atoms with Crippen LogP contribution in [0.3, 0.4) is 0 Å². The molecule has 0 unspecified atom stereocenters. The summed E-state index contributed by atoms with van der Waals surface area (Å²) in [4.78, 5) is 10.8. The van der Waals surface area contributed by atoms with Crippen molar-refractivity contribution in [1.29, 1.82) is 0 Å². The van der Waals surface area contributed by atoms with Crippen LogP contribution in [0, 0.1) is 0 Å². The lowest BCUT2D eigenvalue weighted by atomic mass is 9.90. The van der Waals surface area contributed by atoms with Crippen LogP contribution in [0.5, 0.6) is 5.75 Å². The Morgan fingerprint density at radius 1 is 1.32 bits per heavy atom. The second kappa shape index (κ2) is 6.22. The van der Waals surface area contributed by atoms with E-state index in [0.29, 0.717) is 5.75 Å². The summed E-state index contributed by atoms with van der Waals surface area (Å²) in [5, 5.41) is 4.74. The number of unbranched alkanes of at least 4 members (excludes halogenated alkanes) is 2. The van der Waals surface area contributed by atoms with Crippen LogP contribution >= 0.6 is 0 Å². The first-order chi connectivity index (χ1) is 10.7. The summed E-state index contributed by atoms with van der Waals surface area (Å²) in [7, 11) is 0. The van der Waals surface area contributed by atoms with Crippen molar-refractivity contribution in [3.8, 4) is 17.0 Å². The molecule has 0 atom stereocenters. The number of nitrogens with two attached hydrogens (primary N) is 1. The number of hydrogen-bond acceptors (Lipinski definition) is 3. The van der Waals surface area contributed by atoms with Crippen molar-refractivity contribution in [3.63, 3.8) is 0 Å². The zero-order valence-electron chi connectivity index (χ0n) is 12.8. The summed E-state index contributed by atoms with van der Waals surface area (Å²) in [6.45, 7) is 3.18. The number of ether oxygens (including phenoxy) is 1. The number of benzene rings is 1. The normalized spacial score (nSPS) is 12.6. The standard InChI is InChI=1S/C17H21N3O2/c1-2-3-4-9-20-11-13-6-5-12-10-14(22-17(18)21)7-8-15(12)16(13)19-20/h7-8,10-11H,2-6,9H2,1H3,(H2,18,21). The molecule has 0 radical (unpaired) electrons. The Morgan fingerprint density at radius 3 is 2.91 bits per heavy atom. The monoisotopic (exact) mass is 299 g/mol. The highest BCUT2D eigenvalue weighted by atomic mass is 16.5. The molecule has 1 aliphatic carbocycles. The van der Waals surface area contributed by atoms with Crippen LogP contribution in [-0.2, 0) is 19.4 Å². The van der Waals surface area contributed by atoms with E-state index in [1.165, 1.54) is 18.4 Å². The number of carbonyl (C=O) groups is 1. The second-order valence-corrected chi connectivity index (χ2v) is 5.71. The Hall–Kier alpha value is -2.30. The lowest BCUT2D eigenvalue weighted by Gasteiger charge is -2.15. The van der Waals surface area contributed by atoms with Crippen molar-refractivity contribution in [2.45, 2.75) is 45.6 Å². The van der Waals surface area contributed by atoms with Crippen LogP contribution in [-0.4, -0.2) is 15.9 Å². The average Bonchev–Trinajstić information content (AvgIpc) is 2.90. The molecule has 0 saturated heterocycles. The Kier molecular flexibility index (Phi) is 4.13. The molecule has 0 fully saturated rings. The van der Waals surface area contributed by atoms with Gasteiger partial charge in [0, 0.05) is 18.3 Å². The molecule has 1 aromatic carbocycles. The van der Waals surface area contributed by atoms with Gasteiger partial charge in [0.2, 0.25) is 0 Å². The molecule has 2 aromatic rings. The van der Waals surface area contributed by atoms with Crippen molar-refractivity contribution in [2.75, 3.05) is 0 Å². The van der Waals surface area contributed by atoms with Crippen molar-refractivity contribution in [3.05, 3.63) is 35.5 Å². The topological polar surface area (TPSA) is 70.1 Å². The van der Waals surface area contributed by atoms with E-state index < -0.39 is 6.09 Å². The fourth-order valence-electron chi connectivity index (χ4n) is 2.97. The average molecular weight is 299 g/mol. The van der Waals surface area contributed by atoms with Crippen LogP contribution in [0.25, 0.3) is 11.3 Å². The minimum atomic E-state index is -0.781. The van der Waals surface area contributed by atoms with E-state index in [2.05, 4.69) is 17.8 Å². The van der Waals surface area contributed by atoms with Gasteiger partial charge < -0.3 is 10.5 Å². The minimum Gasteiger partial charge on any atom is -0.410 e. The lowest BCUT2D eigenvalue weighted by Crippen LogP contribution is -2.16. The van der Waals surface area contributed by atoms with Gasteiger partial charge in [-0.15, -0.1) is 0 Å². The highest BCUT2D eigenvalue weighted by molar-refractivity contribution is 5.72. The number of primary amides is 1. The maximum absolute atomic E-state index is 10.8. The van der Waals surface area contributed by atoms with Gasteiger partial charge in [-0.3, -0.25) is 4.68 Å². The molecular formula is C17H21N3O2. The molecule has 0 saturated carbocycles. The molecule has 2 N–H and O–H groups in total. The summed E-state index contributed by atoms with van der Waals surface area (Å²) in [5.74, 6) is 0.497. The van der Waals surface area contributed by atoms with Gasteiger partial charge in [0.1, 0.15) is 5.75 Å². The van der Waals surface area contributed by atoms with Gasteiger partial charge in [-0.05, 0) is 48.6 Å². The first kappa shape index (κ1) is 14.6. The van der Waals surface area contributed by atoms with E-state index in [4.69, 9.17) is 15.6 Å². The molecule has 5 nitrogen and oxygen atoms in total. The molecule has 3 rings (SSSR count). The van der Waals surface area contributed by atoms with E-state index in [1.807, 2.05) is 12.1 Å². The highest BCUT2D eigenvalue weighted by Crippen LogP contribution is 2.34. The second-order valence-electron chi connectivity index (χ2n) is 5.71. The van der Waals surface area contributed by atoms with Gasteiger partial charge in [0.15, 0.2) is 0 Å². The molecule has 0 spiro atoms. The summed E-state index contributed by atoms with van der Waals surface area (Å²) < 4.78 is 7.01. The molecule has 1 aromatic heterocycles. The Labute approximate surface area is 130 Å². The molecule has 1 amide bonds. The number of hydrogen-bond donors (Lipinski definition) is 1. The number of rotatable bonds is 5. The van der Waals surface area contributed by atoms with E-state index in [0.717, 1.165) is 42.6 Å². The van der Waals surface area contributed by atoms with Crippen LogP contribution in [0.2, 0.25) is 0 Å². The van der Waals surface area contributed by atoms with Crippen molar-refractivity contribution in [1.82, 2.24) is 9.78 Å². The zero-order chi connectivity index (χ0) is 15.5. The Balaban J connectivity index is 1.84. The SMILES string of the molecule is CCCCCn1cc2c(n1)-c1ccc(OC(N)=O)cc1CC2. The number of aromatic nitrogens is 2. The van der Waals surface area contributed by atoms with Crippen molar-refractivity contribution < 1.29 is 9.53 Å². The first-order valence-electron chi connectivity index (χ1n) is 7.84. The van der Waals surface area contributed by atoms with Gasteiger partial charge in [-0.2, -0.15) is 5.10 Å². The van der Waals surface area contributed by atoms with E-state index in [1.54, 1.807) is 6.07 Å². The summed E-state index contributed by atoms with van der Waals surface area (Å²) in [6, 6.07) is 5.63. The molecule has 1 heterocycles. The molecule has 22 heavy (non-hydrogen) atoms. The molecule has 1 aliphatic rings. The lowest BCUT2D eigenvalue weighted by molar-refractivity contribution is 0.211. The number of amides is 1. The van der Waals surface area contributed by atoms with Gasteiger partial charge in [-0.25, -0.2) is 4.79 Å². The maximum atomic E-state index is 10.8. The quantitative estimate of drug-likeness (QED) is 0.861. The molecule has 0 bridgehead atoms. The predicted octanol–water partition coefficient (Wildman–Crippen LogP) is 3.30. The van der Waals surface area contributed by atoms with Crippen LogP contribution in [0.15, 0.2) is 24.4 Å². The minimum absolute atomic E-state index is 0.497. The molecule has 5 heteroatoms. The van der Waals surface area contributed by atoms with Crippen molar-refractivity contribution in [2.24, 2.45) is 5.73 Å². The summed E-state index contributed by atoms with van der Waals surface area (Å²) >= 11 is 0. The largest absolute Gasteiger partial charge is 0.410 e. The smallest absolute Gasteiger partial charge is 0.409 e. The first-order valence-corrected chi connectivity index (χ1v) is 7.84. The van der Waals surface area contributed by atoms with Gasteiger partial charge in [-0.1, -0.05) is 19.8 Å². The van der Waals surface area contributed by atoms with E-state index >= 15 is 0 Å². The van der Waals surface area contributed by atoms with Crippen LogP contribution < -0.4 is 10.5 Å². The predicted molar refractivity (Wildman–Crippen MR) is 84.8 cm³/mol. The van der Waals surface area contributed by atoms with E-state index in [-0.39, 0.29) is 0 Å². The third-order valence-electron chi connectivity index (χ3n) is 4.04. The zero-order valence-corrected chi connectivity index (χ0v) is 12.8. The maximum Gasteiger partial charge on any atom is 0.409 e. The molecule has 0 aliphatic heterocycles. The molecular weight excluding hydrogens is 278 g/mol. The van der Waals surface area contributed by atoms with Gasteiger partial charge in [0.25, 0.3) is 0 Å². The highest BCUT2D eigenvalue weighted by Gasteiger charge is 2.20. The number of nitrogens with zero attached hydrogens (tertiary/aromatic N) is 2. The Morgan fingerprint density at radius 2 is 2.14 bits per heavy atom. The molecule has 116 valence electrons. The number of carbonyl (C=O) groups excluding carboxylic acids is 1. The number of fused-ring (bicyclic) bond motifs is 3. The van der Waals surface area contributed by atoms with E-state index in [9.17, 15) is 4.79 Å². The fourth-order valence-corrected chi connectivity index (χ4v) is 2.97. The van der Waals surface area contributed by atoms with Gasteiger partial charge >= 0.3 is 6.09 Å². The summed E-state index contributed by atoms with van der Waals surface area (Å²) in [6.07, 6.45) is 6.89. The van der Waals surface area contributed by atoms with Crippen LogP contribution in [0.4, 0.5) is 4.79 Å². The van der Waals surface area contributed by atoms with Gasteiger partial charge in [0.05, 0.1) is 5.69 Å².